The Balaban J connectivity index is 1.67. The number of fused-ring (bicyclic) bond motifs is 1. The number of nitrogens with zero attached hydrogens (tertiary/aromatic N) is 2. The van der Waals surface area contributed by atoms with Gasteiger partial charge in [0.25, 0.3) is 0 Å². The third-order valence-electron chi connectivity index (χ3n) is 3.74. The fraction of sp³-hybridized carbons (Fsp3) is 0.353. The van der Waals surface area contributed by atoms with E-state index < -0.39 is 0 Å². The molecule has 2 aromatic heterocycles. The number of benzene rings is 1. The van der Waals surface area contributed by atoms with E-state index in [0.29, 0.717) is 6.04 Å². The van der Waals surface area contributed by atoms with Crippen LogP contribution in [0.15, 0.2) is 36.5 Å². The lowest BCUT2D eigenvalue weighted by atomic mass is 10.1. The van der Waals surface area contributed by atoms with Crippen molar-refractivity contribution in [2.45, 2.75) is 39.8 Å². The summed E-state index contributed by atoms with van der Waals surface area (Å²) in [6.07, 6.45) is 3.23. The monoisotopic (exact) mass is 299 g/mol. The van der Waals surface area contributed by atoms with Gasteiger partial charge in [-0.2, -0.15) is 0 Å². The minimum Gasteiger partial charge on any atom is -0.308 e. The molecule has 1 atom stereocenters. The zero-order chi connectivity index (χ0) is 14.8. The molecule has 0 saturated heterocycles. The van der Waals surface area contributed by atoms with E-state index in [1.165, 1.54) is 16.1 Å². The lowest BCUT2D eigenvalue weighted by Gasteiger charge is -2.14. The molecule has 1 aromatic carbocycles. The summed E-state index contributed by atoms with van der Waals surface area (Å²) >= 11 is 1.75. The molecule has 0 amide bonds. The third-order valence-corrected chi connectivity index (χ3v) is 4.64. The van der Waals surface area contributed by atoms with Gasteiger partial charge in [-0.05, 0) is 32.8 Å². The molecule has 1 unspecified atom stereocenters. The summed E-state index contributed by atoms with van der Waals surface area (Å²) in [6.45, 7) is 7.31. The van der Waals surface area contributed by atoms with E-state index in [9.17, 15) is 0 Å². The van der Waals surface area contributed by atoms with E-state index in [1.54, 1.807) is 11.3 Å². The van der Waals surface area contributed by atoms with Crippen LogP contribution in [0.1, 0.15) is 28.8 Å². The van der Waals surface area contributed by atoms with E-state index >= 15 is 0 Å². The van der Waals surface area contributed by atoms with E-state index in [2.05, 4.69) is 72.0 Å². The van der Waals surface area contributed by atoms with Crippen LogP contribution in [0, 0.1) is 13.8 Å². The summed E-state index contributed by atoms with van der Waals surface area (Å²) in [5.74, 6) is 0. The minimum atomic E-state index is 0.442. The fourth-order valence-electron chi connectivity index (χ4n) is 2.63. The van der Waals surface area contributed by atoms with Gasteiger partial charge in [0, 0.05) is 23.7 Å². The Labute approximate surface area is 129 Å². The molecular formula is C17H21N3S. The molecule has 0 fully saturated rings. The van der Waals surface area contributed by atoms with Crippen molar-refractivity contribution >= 4 is 16.3 Å². The average Bonchev–Trinajstić information content (AvgIpc) is 2.93. The first-order valence-corrected chi connectivity index (χ1v) is 8.16. The van der Waals surface area contributed by atoms with Gasteiger partial charge in [0.1, 0.15) is 0 Å². The minimum absolute atomic E-state index is 0.442. The van der Waals surface area contributed by atoms with Gasteiger partial charge < -0.3 is 5.32 Å². The van der Waals surface area contributed by atoms with Crippen molar-refractivity contribution in [3.63, 3.8) is 0 Å². The summed E-state index contributed by atoms with van der Waals surface area (Å²) in [5.41, 5.74) is 3.77. The largest absolute Gasteiger partial charge is 0.308 e. The van der Waals surface area contributed by atoms with E-state index in [1.807, 2.05) is 0 Å². The topological polar surface area (TPSA) is 29.3 Å². The SMILES string of the molecule is Cc1cn2c(CNC(C)Cc3ccccc3)c(C)nc2s1. The Kier molecular flexibility index (Phi) is 4.08. The number of nitrogens with one attached hydrogen (secondary N) is 1. The maximum Gasteiger partial charge on any atom is 0.194 e. The van der Waals surface area contributed by atoms with Crippen LogP contribution < -0.4 is 5.32 Å². The molecule has 3 aromatic rings. The highest BCUT2D eigenvalue weighted by Gasteiger charge is 2.12. The van der Waals surface area contributed by atoms with Gasteiger partial charge in [0.05, 0.1) is 11.4 Å². The van der Waals surface area contributed by atoms with Crippen LogP contribution in [0.5, 0.6) is 0 Å². The zero-order valence-electron chi connectivity index (χ0n) is 12.8. The summed E-state index contributed by atoms with van der Waals surface area (Å²) in [6, 6.07) is 11.1. The first-order chi connectivity index (χ1) is 10.1. The van der Waals surface area contributed by atoms with Crippen LogP contribution in [0.4, 0.5) is 0 Å². The number of aromatic nitrogens is 2. The normalized spacial score (nSPS) is 12.9. The van der Waals surface area contributed by atoms with Gasteiger partial charge in [-0.1, -0.05) is 30.3 Å². The number of hydrogen-bond donors (Lipinski definition) is 1. The van der Waals surface area contributed by atoms with Gasteiger partial charge in [0.15, 0.2) is 4.96 Å². The quantitative estimate of drug-likeness (QED) is 0.778. The molecule has 0 bridgehead atoms. The van der Waals surface area contributed by atoms with Crippen molar-refractivity contribution < 1.29 is 0 Å². The highest BCUT2D eigenvalue weighted by molar-refractivity contribution is 7.17. The lowest BCUT2D eigenvalue weighted by Crippen LogP contribution is -2.28. The summed E-state index contributed by atoms with van der Waals surface area (Å²) in [7, 11) is 0. The van der Waals surface area contributed by atoms with Crippen molar-refractivity contribution in [3.8, 4) is 0 Å². The number of thiazole rings is 1. The molecule has 110 valence electrons. The van der Waals surface area contributed by atoms with Crippen LogP contribution in [-0.2, 0) is 13.0 Å². The second kappa shape index (κ2) is 6.00. The Morgan fingerprint density at radius 3 is 2.76 bits per heavy atom. The Morgan fingerprint density at radius 2 is 2.00 bits per heavy atom. The van der Waals surface area contributed by atoms with Crippen LogP contribution >= 0.6 is 11.3 Å². The van der Waals surface area contributed by atoms with Crippen molar-refractivity contribution in [1.29, 1.82) is 0 Å². The van der Waals surface area contributed by atoms with Gasteiger partial charge in [-0.3, -0.25) is 4.40 Å². The predicted octanol–water partition coefficient (Wildman–Crippen LogP) is 3.73. The van der Waals surface area contributed by atoms with Crippen molar-refractivity contribution in [2.75, 3.05) is 0 Å². The van der Waals surface area contributed by atoms with Crippen molar-refractivity contribution in [3.05, 3.63) is 58.4 Å². The van der Waals surface area contributed by atoms with Crippen LogP contribution in [-0.4, -0.2) is 15.4 Å². The molecule has 0 saturated carbocycles. The molecular weight excluding hydrogens is 278 g/mol. The Bertz CT molecular complexity index is 727. The highest BCUT2D eigenvalue weighted by atomic mass is 32.1. The number of aryl methyl sites for hydroxylation is 2. The van der Waals surface area contributed by atoms with E-state index in [0.717, 1.165) is 23.6 Å². The maximum absolute atomic E-state index is 4.64. The predicted molar refractivity (Wildman–Crippen MR) is 89.0 cm³/mol. The van der Waals surface area contributed by atoms with Gasteiger partial charge in [0.2, 0.25) is 0 Å². The Morgan fingerprint density at radius 1 is 1.24 bits per heavy atom. The second-order valence-corrected chi connectivity index (χ2v) is 6.82. The van der Waals surface area contributed by atoms with Crippen molar-refractivity contribution in [2.24, 2.45) is 0 Å². The third kappa shape index (κ3) is 3.17. The van der Waals surface area contributed by atoms with Gasteiger partial charge in [-0.25, -0.2) is 4.98 Å². The van der Waals surface area contributed by atoms with E-state index in [4.69, 9.17) is 0 Å². The summed E-state index contributed by atoms with van der Waals surface area (Å²) in [5, 5.41) is 3.62. The number of imidazole rings is 1. The number of rotatable bonds is 5. The molecule has 0 aliphatic heterocycles. The maximum atomic E-state index is 4.64. The van der Waals surface area contributed by atoms with Crippen molar-refractivity contribution in [1.82, 2.24) is 14.7 Å². The summed E-state index contributed by atoms with van der Waals surface area (Å²) in [4.78, 5) is 7.03. The fourth-order valence-corrected chi connectivity index (χ4v) is 3.52. The average molecular weight is 299 g/mol. The highest BCUT2D eigenvalue weighted by Crippen LogP contribution is 2.20. The molecule has 0 aliphatic carbocycles. The molecule has 4 heteroatoms. The molecule has 21 heavy (non-hydrogen) atoms. The van der Waals surface area contributed by atoms with Crippen LogP contribution in [0.2, 0.25) is 0 Å². The summed E-state index contributed by atoms with van der Waals surface area (Å²) < 4.78 is 2.22. The molecule has 0 radical (unpaired) electrons. The Hall–Kier alpha value is -1.65. The molecule has 0 aliphatic rings. The molecule has 2 heterocycles. The first kappa shape index (κ1) is 14.3. The standard InChI is InChI=1S/C17H21N3S/c1-12(9-15-7-5-4-6-8-15)18-10-16-14(3)19-17-20(16)11-13(2)21-17/h4-8,11-12,18H,9-10H2,1-3H3. The van der Waals surface area contributed by atoms with Crippen LogP contribution in [0.3, 0.4) is 0 Å². The van der Waals surface area contributed by atoms with Crippen LogP contribution in [0.25, 0.3) is 4.96 Å². The zero-order valence-corrected chi connectivity index (χ0v) is 13.6. The van der Waals surface area contributed by atoms with Gasteiger partial charge in [-0.15, -0.1) is 11.3 Å². The first-order valence-electron chi connectivity index (χ1n) is 7.35. The second-order valence-electron chi connectivity index (χ2n) is 5.61. The molecule has 1 N–H and O–H groups in total. The van der Waals surface area contributed by atoms with Gasteiger partial charge >= 0.3 is 0 Å². The number of hydrogen-bond acceptors (Lipinski definition) is 3. The smallest absolute Gasteiger partial charge is 0.194 e. The molecule has 3 nitrogen and oxygen atoms in total. The van der Waals surface area contributed by atoms with E-state index in [-0.39, 0.29) is 0 Å². The molecule has 3 rings (SSSR count). The molecule has 0 spiro atoms. The lowest BCUT2D eigenvalue weighted by molar-refractivity contribution is 0.537.